The van der Waals surface area contributed by atoms with E-state index in [2.05, 4.69) is 4.52 Å². The van der Waals surface area contributed by atoms with Gasteiger partial charge in [-0.05, 0) is 5.56 Å². The fourth-order valence-electron chi connectivity index (χ4n) is 2.34. The van der Waals surface area contributed by atoms with Crippen LogP contribution < -0.4 is 0 Å². The zero-order valence-corrected chi connectivity index (χ0v) is 15.1. The number of carbonyl (C=O) groups excluding carboxylic acids is 1. The summed E-state index contributed by atoms with van der Waals surface area (Å²) in [5.74, 6) is 0. The van der Waals surface area contributed by atoms with Crippen LogP contribution in [0.5, 0.6) is 0 Å². The first-order valence-corrected chi connectivity index (χ1v) is 8.85. The Bertz CT molecular complexity index is 586. The van der Waals surface area contributed by atoms with Crippen molar-refractivity contribution in [1.29, 1.82) is 0 Å². The second kappa shape index (κ2) is 11.3. The highest BCUT2D eigenvalue weighted by molar-refractivity contribution is 7.17. The van der Waals surface area contributed by atoms with Gasteiger partial charge in [-0.15, -0.1) is 0 Å². The van der Waals surface area contributed by atoms with Gasteiger partial charge in [0.25, 0.3) is 0 Å². The Kier molecular flexibility index (Phi) is 9.02. The molecule has 0 radical (unpaired) electrons. The molecule has 0 aliphatic carbocycles. The molecule has 1 aliphatic rings. The molecule has 150 valence electrons. The number of rotatable bonds is 9. The van der Waals surface area contributed by atoms with Crippen molar-refractivity contribution in [1.82, 2.24) is 0 Å². The highest BCUT2D eigenvalue weighted by Gasteiger charge is 2.44. The minimum absolute atomic E-state index is 0.0653. The maximum atomic E-state index is 11.5. The van der Waals surface area contributed by atoms with Crippen molar-refractivity contribution in [3.63, 3.8) is 0 Å². The highest BCUT2D eigenvalue weighted by Crippen LogP contribution is 2.23. The van der Waals surface area contributed by atoms with E-state index in [1.54, 1.807) is 12.1 Å². The predicted octanol–water partition coefficient (Wildman–Crippen LogP) is 0.387. The van der Waals surface area contributed by atoms with Crippen LogP contribution in [0.4, 0.5) is 4.79 Å². The molecule has 1 saturated heterocycles. The molecule has 0 amide bonds. The van der Waals surface area contributed by atoms with Gasteiger partial charge in [0.05, 0.1) is 13.2 Å². The first-order chi connectivity index (χ1) is 13.0. The molecule has 2 rings (SSSR count). The molecule has 0 saturated carbocycles. The van der Waals surface area contributed by atoms with E-state index in [9.17, 15) is 24.7 Å². The molecule has 1 aromatic carbocycles. The van der Waals surface area contributed by atoms with Crippen molar-refractivity contribution in [2.24, 2.45) is 0 Å². The molecule has 0 spiro atoms. The average Bonchev–Trinajstić information content (AvgIpc) is 2.69. The third-order valence-electron chi connectivity index (χ3n) is 3.74. The summed E-state index contributed by atoms with van der Waals surface area (Å²) >= 11 is 0. The lowest BCUT2D eigenvalue weighted by molar-refractivity contribution is -0.300. The molecule has 3 N–H and O–H groups in total. The molecule has 1 fully saturated rings. The van der Waals surface area contributed by atoms with E-state index in [0.29, 0.717) is 0 Å². The van der Waals surface area contributed by atoms with Crippen LogP contribution in [0.15, 0.2) is 30.3 Å². The van der Waals surface area contributed by atoms with E-state index in [1.165, 1.54) is 0 Å². The monoisotopic (exact) mass is 404 g/mol. The second-order valence-corrected chi connectivity index (χ2v) is 6.04. The summed E-state index contributed by atoms with van der Waals surface area (Å²) in [6.07, 6.45) is -7.73. The zero-order chi connectivity index (χ0) is 19.6. The molecule has 1 aliphatic heterocycles. The largest absolute Gasteiger partial charge is 0.508 e. The van der Waals surface area contributed by atoms with E-state index >= 15 is 0 Å². The zero-order valence-electron chi connectivity index (χ0n) is 14.2. The lowest BCUT2D eigenvalue weighted by Gasteiger charge is -2.39. The van der Waals surface area contributed by atoms with E-state index in [1.807, 2.05) is 18.2 Å². The normalized spacial score (nSPS) is 28.0. The minimum Gasteiger partial charge on any atom is -0.432 e. The Morgan fingerprint density at radius 2 is 1.78 bits per heavy atom. The smallest absolute Gasteiger partial charge is 0.432 e. The maximum absolute atomic E-state index is 11.5. The van der Waals surface area contributed by atoms with E-state index in [4.69, 9.17) is 18.9 Å². The van der Waals surface area contributed by atoms with Crippen LogP contribution in [0.25, 0.3) is 0 Å². The van der Waals surface area contributed by atoms with Crippen LogP contribution in [-0.2, 0) is 34.6 Å². The van der Waals surface area contributed by atoms with Gasteiger partial charge in [0.2, 0.25) is 0 Å². The number of ether oxygens (including phenoxy) is 4. The number of hydrogen-bond acceptors (Lipinski definition) is 10. The molecule has 0 bridgehead atoms. The third kappa shape index (κ3) is 6.78. The maximum Gasteiger partial charge on any atom is 0.508 e. The molecule has 10 nitrogen and oxygen atoms in total. The van der Waals surface area contributed by atoms with Gasteiger partial charge in [0.15, 0.2) is 6.29 Å². The first-order valence-electron chi connectivity index (χ1n) is 8.12. The average molecular weight is 404 g/mol. The summed E-state index contributed by atoms with van der Waals surface area (Å²) in [4.78, 5) is 11.5. The molecule has 1 heterocycles. The molecule has 0 unspecified atom stereocenters. The van der Waals surface area contributed by atoms with Crippen LogP contribution >= 0.6 is 8.69 Å². The lowest BCUT2D eigenvalue weighted by Crippen LogP contribution is -2.59. The summed E-state index contributed by atoms with van der Waals surface area (Å²) in [6.45, 7) is -0.550. The van der Waals surface area contributed by atoms with Gasteiger partial charge in [-0.25, -0.2) is 9.36 Å². The highest BCUT2D eigenvalue weighted by atomic mass is 31.1. The van der Waals surface area contributed by atoms with Crippen LogP contribution in [0, 0.1) is 0 Å². The van der Waals surface area contributed by atoms with Crippen molar-refractivity contribution < 1.29 is 48.2 Å². The summed E-state index contributed by atoms with van der Waals surface area (Å²) in [5, 5.41) is 29.5. The van der Waals surface area contributed by atoms with E-state index in [0.717, 1.165) is 5.56 Å². The molecule has 5 atom stereocenters. The van der Waals surface area contributed by atoms with Gasteiger partial charge in [-0.2, -0.15) is 0 Å². The van der Waals surface area contributed by atoms with Crippen molar-refractivity contribution in [3.05, 3.63) is 35.9 Å². The Morgan fingerprint density at radius 3 is 2.48 bits per heavy atom. The standard InChI is InChI=1S/C16H21O10P/c17-12-11(9-25-27-21)26-15(14(19)13(12)18)22-6-7-23-16(20)24-8-10-4-2-1-3-5-10/h1-5,11-15,17-19H,6-9H2/t11-,12-,13+,14+,15+/m1/s1. The van der Waals surface area contributed by atoms with Crippen LogP contribution in [0.3, 0.4) is 0 Å². The molecular weight excluding hydrogens is 383 g/mol. The Balaban J connectivity index is 1.68. The number of hydrogen-bond donors (Lipinski definition) is 3. The van der Waals surface area contributed by atoms with E-state index in [-0.39, 0.29) is 26.4 Å². The van der Waals surface area contributed by atoms with Crippen LogP contribution in [0.2, 0.25) is 0 Å². The molecule has 0 aromatic heterocycles. The van der Waals surface area contributed by atoms with Crippen LogP contribution in [0.1, 0.15) is 5.56 Å². The van der Waals surface area contributed by atoms with Gasteiger partial charge < -0.3 is 34.3 Å². The fraction of sp³-hybridized carbons (Fsp3) is 0.562. The fourth-order valence-corrected chi connectivity index (χ4v) is 2.55. The van der Waals surface area contributed by atoms with Gasteiger partial charge in [0.1, 0.15) is 37.6 Å². The van der Waals surface area contributed by atoms with Gasteiger partial charge >= 0.3 is 14.8 Å². The lowest BCUT2D eigenvalue weighted by atomic mass is 9.99. The first kappa shape index (κ1) is 21.6. The molecule has 27 heavy (non-hydrogen) atoms. The summed E-state index contributed by atoms with van der Waals surface area (Å²) in [5.41, 5.74) is 0.808. The number of benzene rings is 1. The minimum atomic E-state index is -1.54. The second-order valence-electron chi connectivity index (χ2n) is 5.63. The molecular formula is C16H21O10P. The van der Waals surface area contributed by atoms with Crippen molar-refractivity contribution >= 4 is 14.8 Å². The Hall–Kier alpha value is -1.65. The van der Waals surface area contributed by atoms with Crippen molar-refractivity contribution in [2.75, 3.05) is 19.8 Å². The molecule has 1 aromatic rings. The van der Waals surface area contributed by atoms with Gasteiger partial charge in [0, 0.05) is 0 Å². The topological polar surface area (TPSA) is 141 Å². The molecule has 11 heteroatoms. The van der Waals surface area contributed by atoms with E-state index < -0.39 is 45.5 Å². The Morgan fingerprint density at radius 1 is 1.04 bits per heavy atom. The Labute approximate surface area is 156 Å². The SMILES string of the molecule is O=POC[C@H]1O[C@H](OCCOC(=O)OCc2ccccc2)[C@@H](O)[C@@H](O)[C@@H]1O. The van der Waals surface area contributed by atoms with Crippen molar-refractivity contribution in [2.45, 2.75) is 37.3 Å². The number of aliphatic hydroxyl groups excluding tert-OH is 3. The summed E-state index contributed by atoms with van der Waals surface area (Å²) in [6, 6.07) is 9.06. The quantitative estimate of drug-likeness (QED) is 0.301. The third-order valence-corrected chi connectivity index (χ3v) is 4.00. The summed E-state index contributed by atoms with van der Waals surface area (Å²) in [7, 11) is -0.615. The van der Waals surface area contributed by atoms with Crippen LogP contribution in [-0.4, -0.2) is 72.0 Å². The number of carbonyl (C=O) groups is 1. The van der Waals surface area contributed by atoms with Crippen molar-refractivity contribution in [3.8, 4) is 0 Å². The van der Waals surface area contributed by atoms with Gasteiger partial charge in [-0.3, -0.25) is 4.52 Å². The summed E-state index contributed by atoms with van der Waals surface area (Å²) < 4.78 is 35.2. The predicted molar refractivity (Wildman–Crippen MR) is 88.8 cm³/mol. The van der Waals surface area contributed by atoms with Gasteiger partial charge in [-0.1, -0.05) is 30.3 Å². The number of aliphatic hydroxyl groups is 3.